The van der Waals surface area contributed by atoms with Crippen LogP contribution in [0.25, 0.3) is 0 Å². The first kappa shape index (κ1) is 14.6. The molecule has 20 heavy (non-hydrogen) atoms. The predicted octanol–water partition coefficient (Wildman–Crippen LogP) is 1.63. The van der Waals surface area contributed by atoms with E-state index >= 15 is 0 Å². The number of pyridine rings is 1. The Labute approximate surface area is 118 Å². The van der Waals surface area contributed by atoms with E-state index in [1.165, 1.54) is 12.4 Å². The van der Waals surface area contributed by atoms with Gasteiger partial charge in [0.15, 0.2) is 12.4 Å². The standard InChI is InChI=1S/C14H20N2O4/c1-14(2,3)20-13(17)15-8-9-19-12(10-15)11-4-6-16(18)7-5-11/h4-7,12H,8-10H2,1-3H3. The van der Waals surface area contributed by atoms with Gasteiger partial charge in [-0.05, 0) is 26.3 Å². The van der Waals surface area contributed by atoms with Crippen molar-refractivity contribution >= 4 is 6.09 Å². The minimum Gasteiger partial charge on any atom is -0.619 e. The maximum atomic E-state index is 12.0. The average molecular weight is 280 g/mol. The third kappa shape index (κ3) is 3.84. The van der Waals surface area contributed by atoms with Crippen LogP contribution in [0.1, 0.15) is 32.4 Å². The van der Waals surface area contributed by atoms with E-state index in [0.29, 0.717) is 19.7 Å². The number of hydrogen-bond acceptors (Lipinski definition) is 4. The molecule has 0 saturated carbocycles. The Kier molecular flexibility index (Phi) is 4.13. The van der Waals surface area contributed by atoms with Crippen LogP contribution in [0.5, 0.6) is 0 Å². The zero-order chi connectivity index (χ0) is 14.8. The largest absolute Gasteiger partial charge is 0.619 e. The number of carbonyl (C=O) groups is 1. The number of nitrogens with zero attached hydrogens (tertiary/aromatic N) is 2. The molecule has 1 atom stereocenters. The van der Waals surface area contributed by atoms with Crippen molar-refractivity contribution in [2.75, 3.05) is 19.7 Å². The molecule has 1 unspecified atom stereocenters. The molecular formula is C14H20N2O4. The summed E-state index contributed by atoms with van der Waals surface area (Å²) < 4.78 is 11.7. The van der Waals surface area contributed by atoms with Crippen LogP contribution in [0.4, 0.5) is 4.79 Å². The van der Waals surface area contributed by atoms with Gasteiger partial charge in [-0.2, -0.15) is 4.73 Å². The Hall–Kier alpha value is -1.82. The Bertz CT molecular complexity index is 467. The second-order valence-corrected chi connectivity index (χ2v) is 5.78. The molecule has 0 bridgehead atoms. The summed E-state index contributed by atoms with van der Waals surface area (Å²) in [6.45, 7) is 6.92. The lowest BCUT2D eigenvalue weighted by Crippen LogP contribution is -2.44. The summed E-state index contributed by atoms with van der Waals surface area (Å²) in [5.74, 6) is 0. The molecule has 1 saturated heterocycles. The lowest BCUT2D eigenvalue weighted by Gasteiger charge is -2.34. The van der Waals surface area contributed by atoms with Crippen molar-refractivity contribution in [2.24, 2.45) is 0 Å². The monoisotopic (exact) mass is 280 g/mol. The molecule has 0 N–H and O–H groups in total. The van der Waals surface area contributed by atoms with Crippen molar-refractivity contribution in [3.63, 3.8) is 0 Å². The highest BCUT2D eigenvalue weighted by atomic mass is 16.6. The highest BCUT2D eigenvalue weighted by Crippen LogP contribution is 2.22. The summed E-state index contributed by atoms with van der Waals surface area (Å²) >= 11 is 0. The van der Waals surface area contributed by atoms with E-state index in [1.54, 1.807) is 17.0 Å². The third-order valence-corrected chi connectivity index (χ3v) is 2.92. The minimum absolute atomic E-state index is 0.225. The molecular weight excluding hydrogens is 260 g/mol. The molecule has 0 aliphatic carbocycles. The molecule has 1 aromatic rings. The van der Waals surface area contributed by atoms with Crippen molar-refractivity contribution in [3.05, 3.63) is 35.3 Å². The first-order valence-electron chi connectivity index (χ1n) is 6.63. The first-order valence-corrected chi connectivity index (χ1v) is 6.63. The van der Waals surface area contributed by atoms with E-state index in [9.17, 15) is 10.0 Å². The molecule has 110 valence electrons. The summed E-state index contributed by atoms with van der Waals surface area (Å²) in [6.07, 6.45) is 2.29. The Morgan fingerprint density at radius 1 is 1.45 bits per heavy atom. The van der Waals surface area contributed by atoms with Crippen LogP contribution in [0.3, 0.4) is 0 Å². The molecule has 1 aliphatic rings. The van der Waals surface area contributed by atoms with Gasteiger partial charge in [0.2, 0.25) is 0 Å². The number of morpholine rings is 1. The lowest BCUT2D eigenvalue weighted by atomic mass is 10.1. The summed E-state index contributed by atoms with van der Waals surface area (Å²) in [4.78, 5) is 13.7. The molecule has 0 radical (unpaired) electrons. The summed E-state index contributed by atoms with van der Waals surface area (Å²) in [7, 11) is 0. The van der Waals surface area contributed by atoms with Gasteiger partial charge in [-0.25, -0.2) is 4.79 Å². The number of aromatic nitrogens is 1. The highest BCUT2D eigenvalue weighted by molar-refractivity contribution is 5.68. The number of ether oxygens (including phenoxy) is 2. The van der Waals surface area contributed by atoms with Crippen LogP contribution in [-0.4, -0.2) is 36.3 Å². The SMILES string of the molecule is CC(C)(C)OC(=O)N1CCOC(c2cc[n+]([O-])cc2)C1. The van der Waals surface area contributed by atoms with Crippen LogP contribution >= 0.6 is 0 Å². The van der Waals surface area contributed by atoms with Gasteiger partial charge in [0, 0.05) is 18.7 Å². The van der Waals surface area contributed by atoms with Gasteiger partial charge in [0.25, 0.3) is 0 Å². The number of amides is 1. The highest BCUT2D eigenvalue weighted by Gasteiger charge is 2.29. The van der Waals surface area contributed by atoms with Gasteiger partial charge < -0.3 is 19.6 Å². The van der Waals surface area contributed by atoms with E-state index in [-0.39, 0.29) is 12.2 Å². The lowest BCUT2D eigenvalue weighted by molar-refractivity contribution is -0.605. The molecule has 1 aromatic heterocycles. The fourth-order valence-electron chi connectivity index (χ4n) is 1.98. The van der Waals surface area contributed by atoms with Crippen LogP contribution in [0.15, 0.2) is 24.5 Å². The van der Waals surface area contributed by atoms with Gasteiger partial charge in [-0.15, -0.1) is 0 Å². The molecule has 1 amide bonds. The number of rotatable bonds is 1. The first-order chi connectivity index (χ1) is 9.35. The molecule has 2 rings (SSSR count). The third-order valence-electron chi connectivity index (χ3n) is 2.92. The zero-order valence-electron chi connectivity index (χ0n) is 12.0. The van der Waals surface area contributed by atoms with Gasteiger partial charge in [0.05, 0.1) is 13.2 Å². The van der Waals surface area contributed by atoms with Gasteiger partial charge in [-0.3, -0.25) is 0 Å². The van der Waals surface area contributed by atoms with Crippen molar-refractivity contribution in [1.29, 1.82) is 0 Å². The van der Waals surface area contributed by atoms with Crippen LogP contribution in [0.2, 0.25) is 0 Å². The van der Waals surface area contributed by atoms with E-state index in [1.807, 2.05) is 20.8 Å². The Morgan fingerprint density at radius 3 is 2.70 bits per heavy atom. The van der Waals surface area contributed by atoms with Crippen molar-refractivity contribution in [3.8, 4) is 0 Å². The second kappa shape index (κ2) is 5.66. The minimum atomic E-state index is -0.508. The normalized spacial score (nSPS) is 19.8. The molecule has 1 fully saturated rings. The number of carbonyl (C=O) groups excluding carboxylic acids is 1. The van der Waals surface area contributed by atoms with Gasteiger partial charge in [0.1, 0.15) is 11.7 Å². The zero-order valence-corrected chi connectivity index (χ0v) is 12.0. The molecule has 0 spiro atoms. The van der Waals surface area contributed by atoms with E-state index < -0.39 is 5.60 Å². The van der Waals surface area contributed by atoms with E-state index in [4.69, 9.17) is 9.47 Å². The summed E-state index contributed by atoms with van der Waals surface area (Å²) in [5.41, 5.74) is 0.372. The second-order valence-electron chi connectivity index (χ2n) is 5.78. The van der Waals surface area contributed by atoms with E-state index in [2.05, 4.69) is 0 Å². The van der Waals surface area contributed by atoms with Gasteiger partial charge in [-0.1, -0.05) is 0 Å². The van der Waals surface area contributed by atoms with Gasteiger partial charge >= 0.3 is 6.09 Å². The van der Waals surface area contributed by atoms with Crippen molar-refractivity contribution in [2.45, 2.75) is 32.5 Å². The fourth-order valence-corrected chi connectivity index (χ4v) is 1.98. The smallest absolute Gasteiger partial charge is 0.410 e. The molecule has 2 heterocycles. The summed E-state index contributed by atoms with van der Waals surface area (Å²) in [6, 6.07) is 3.41. The molecule has 6 heteroatoms. The van der Waals surface area contributed by atoms with Crippen LogP contribution in [-0.2, 0) is 9.47 Å². The summed E-state index contributed by atoms with van der Waals surface area (Å²) in [5, 5.41) is 11.0. The van der Waals surface area contributed by atoms with Crippen LogP contribution in [0, 0.1) is 5.21 Å². The van der Waals surface area contributed by atoms with Crippen molar-refractivity contribution < 1.29 is 19.0 Å². The average Bonchev–Trinajstić information content (AvgIpc) is 2.38. The maximum Gasteiger partial charge on any atom is 0.410 e. The van der Waals surface area contributed by atoms with E-state index in [0.717, 1.165) is 10.3 Å². The topological polar surface area (TPSA) is 65.7 Å². The molecule has 6 nitrogen and oxygen atoms in total. The quantitative estimate of drug-likeness (QED) is 0.579. The van der Waals surface area contributed by atoms with Crippen LogP contribution < -0.4 is 4.73 Å². The molecule has 1 aliphatic heterocycles. The maximum absolute atomic E-state index is 12.0. The predicted molar refractivity (Wildman–Crippen MR) is 71.9 cm³/mol. The fraction of sp³-hybridized carbons (Fsp3) is 0.571. The Morgan fingerprint density at radius 2 is 2.10 bits per heavy atom. The number of hydrogen-bond donors (Lipinski definition) is 0. The molecule has 0 aromatic carbocycles. The Balaban J connectivity index is 2.01. The van der Waals surface area contributed by atoms with Crippen molar-refractivity contribution in [1.82, 2.24) is 4.90 Å².